The van der Waals surface area contributed by atoms with Gasteiger partial charge in [-0.15, -0.1) is 0 Å². The van der Waals surface area contributed by atoms with Gasteiger partial charge in [0.25, 0.3) is 5.91 Å². The Balaban J connectivity index is 2.06. The maximum absolute atomic E-state index is 12.7. The van der Waals surface area contributed by atoms with E-state index in [0.29, 0.717) is 15.0 Å². The Bertz CT molecular complexity index is 1330. The molecular formula is C22H24N2O5S2. The number of amides is 1. The van der Waals surface area contributed by atoms with Crippen molar-refractivity contribution in [3.8, 4) is 0 Å². The molecule has 0 aliphatic heterocycles. The highest BCUT2D eigenvalue weighted by Gasteiger charge is 2.15. The minimum absolute atomic E-state index is 0.123. The molecule has 0 saturated carbocycles. The molecule has 0 fully saturated rings. The van der Waals surface area contributed by atoms with Crippen LogP contribution in [0.15, 0.2) is 46.3 Å². The van der Waals surface area contributed by atoms with Crippen LogP contribution in [0.25, 0.3) is 10.2 Å². The molecule has 0 aliphatic rings. The van der Waals surface area contributed by atoms with Crippen LogP contribution in [-0.4, -0.2) is 37.7 Å². The molecule has 3 rings (SSSR count). The van der Waals surface area contributed by atoms with Crippen LogP contribution < -0.4 is 4.80 Å². The molecular weight excluding hydrogens is 436 g/mol. The number of hydrogen-bond acceptors (Lipinski definition) is 6. The fraction of sp³-hybridized carbons (Fsp3) is 0.318. The summed E-state index contributed by atoms with van der Waals surface area (Å²) in [4.78, 5) is 29.5. The highest BCUT2D eigenvalue weighted by molar-refractivity contribution is 7.90. The number of sulfone groups is 1. The molecule has 3 aromatic rings. The highest BCUT2D eigenvalue weighted by atomic mass is 32.2. The lowest BCUT2D eigenvalue weighted by molar-refractivity contribution is -0.143. The number of benzene rings is 2. The van der Waals surface area contributed by atoms with Crippen molar-refractivity contribution in [1.82, 2.24) is 4.57 Å². The highest BCUT2D eigenvalue weighted by Crippen LogP contribution is 2.22. The van der Waals surface area contributed by atoms with Crippen LogP contribution in [-0.2, 0) is 37.1 Å². The Morgan fingerprint density at radius 1 is 1.10 bits per heavy atom. The van der Waals surface area contributed by atoms with E-state index in [1.54, 1.807) is 17.6 Å². The lowest BCUT2D eigenvalue weighted by Gasteiger charge is -2.06. The van der Waals surface area contributed by atoms with Gasteiger partial charge in [0.05, 0.1) is 28.1 Å². The minimum Gasteiger partial charge on any atom is -0.465 e. The van der Waals surface area contributed by atoms with E-state index in [0.717, 1.165) is 34.3 Å². The van der Waals surface area contributed by atoms with E-state index in [2.05, 4.69) is 4.99 Å². The minimum atomic E-state index is -3.39. The van der Waals surface area contributed by atoms with Crippen molar-refractivity contribution in [2.75, 3.05) is 12.9 Å². The molecule has 0 atom stereocenters. The maximum Gasteiger partial charge on any atom is 0.326 e. The van der Waals surface area contributed by atoms with Crippen molar-refractivity contribution in [2.24, 2.45) is 4.99 Å². The van der Waals surface area contributed by atoms with Crippen LogP contribution in [0.4, 0.5) is 0 Å². The summed E-state index contributed by atoms with van der Waals surface area (Å²) in [6.45, 7) is 5.81. The zero-order valence-electron chi connectivity index (χ0n) is 17.8. The molecule has 0 unspecified atom stereocenters. The first-order valence-corrected chi connectivity index (χ1v) is 12.4. The van der Waals surface area contributed by atoms with E-state index in [-0.39, 0.29) is 30.4 Å². The fourth-order valence-electron chi connectivity index (χ4n) is 3.09. The van der Waals surface area contributed by atoms with Gasteiger partial charge in [-0.3, -0.25) is 9.59 Å². The summed E-state index contributed by atoms with van der Waals surface area (Å²) in [6, 6.07) is 10.4. The van der Waals surface area contributed by atoms with Crippen molar-refractivity contribution in [3.05, 3.63) is 57.9 Å². The summed E-state index contributed by atoms with van der Waals surface area (Å²) in [5, 5.41) is 0. The van der Waals surface area contributed by atoms with Gasteiger partial charge in [-0.1, -0.05) is 29.5 Å². The Kier molecular flexibility index (Phi) is 6.76. The van der Waals surface area contributed by atoms with Gasteiger partial charge in [-0.2, -0.15) is 4.99 Å². The predicted molar refractivity (Wildman–Crippen MR) is 120 cm³/mol. The fourth-order valence-corrected chi connectivity index (χ4v) is 4.90. The number of aromatic nitrogens is 1. The topological polar surface area (TPSA) is 94.8 Å². The van der Waals surface area contributed by atoms with Crippen molar-refractivity contribution >= 4 is 43.3 Å². The second-order valence-corrected chi connectivity index (χ2v) is 10.3. The van der Waals surface area contributed by atoms with Crippen LogP contribution in [0.1, 0.15) is 23.6 Å². The number of aryl methyl sites for hydroxylation is 2. The first-order valence-electron chi connectivity index (χ1n) is 9.71. The van der Waals surface area contributed by atoms with Crippen molar-refractivity contribution < 1.29 is 22.7 Å². The van der Waals surface area contributed by atoms with E-state index in [1.807, 2.05) is 32.0 Å². The Hall–Kier alpha value is -2.78. The summed E-state index contributed by atoms with van der Waals surface area (Å²) in [5.41, 5.74) is 3.71. The third-order valence-electron chi connectivity index (χ3n) is 4.82. The summed E-state index contributed by atoms with van der Waals surface area (Å²) in [5.74, 6) is -0.812. The first kappa shape index (κ1) is 22.9. The Morgan fingerprint density at radius 3 is 2.48 bits per heavy atom. The van der Waals surface area contributed by atoms with Crippen LogP contribution in [0.2, 0.25) is 0 Å². The molecule has 9 heteroatoms. The predicted octanol–water partition coefficient (Wildman–Crippen LogP) is 2.96. The Labute approximate surface area is 184 Å². The average Bonchev–Trinajstić information content (AvgIpc) is 3.00. The number of hydrogen-bond donors (Lipinski definition) is 0. The zero-order chi connectivity index (χ0) is 22.8. The van der Waals surface area contributed by atoms with E-state index in [4.69, 9.17) is 4.74 Å². The molecule has 0 aliphatic carbocycles. The van der Waals surface area contributed by atoms with E-state index >= 15 is 0 Å². The molecule has 2 aromatic carbocycles. The quantitative estimate of drug-likeness (QED) is 0.527. The normalized spacial score (nSPS) is 12.3. The molecule has 7 nitrogen and oxygen atoms in total. The second-order valence-electron chi connectivity index (χ2n) is 7.28. The van der Waals surface area contributed by atoms with Gasteiger partial charge in [-0.05, 0) is 55.7 Å². The van der Waals surface area contributed by atoms with Gasteiger partial charge in [0.1, 0.15) is 6.54 Å². The molecule has 0 N–H and O–H groups in total. The lowest BCUT2D eigenvalue weighted by atomic mass is 10.0. The van der Waals surface area contributed by atoms with Gasteiger partial charge >= 0.3 is 5.97 Å². The van der Waals surface area contributed by atoms with Gasteiger partial charge < -0.3 is 9.30 Å². The van der Waals surface area contributed by atoms with Crippen LogP contribution in [0.3, 0.4) is 0 Å². The van der Waals surface area contributed by atoms with Crippen molar-refractivity contribution in [1.29, 1.82) is 0 Å². The second kappa shape index (κ2) is 9.15. The molecule has 1 amide bonds. The summed E-state index contributed by atoms with van der Waals surface area (Å²) in [7, 11) is -3.39. The molecule has 0 saturated heterocycles. The standard InChI is InChI=1S/C22H24N2O5S2/c1-5-29-21(26)13-24-18-9-8-17(31(4,27)28)12-19(18)30-22(24)23-20(25)11-16-7-6-14(2)15(3)10-16/h6-10,12H,5,11,13H2,1-4H3. The summed E-state index contributed by atoms with van der Waals surface area (Å²) in [6.07, 6.45) is 1.26. The molecule has 0 bridgehead atoms. The number of carbonyl (C=O) groups is 2. The van der Waals surface area contributed by atoms with Gasteiger partial charge in [-0.25, -0.2) is 8.42 Å². The molecule has 1 heterocycles. The van der Waals surface area contributed by atoms with Crippen molar-refractivity contribution in [2.45, 2.75) is 38.6 Å². The summed E-state index contributed by atoms with van der Waals surface area (Å²) < 4.78 is 31.1. The van der Waals surface area contributed by atoms with E-state index in [9.17, 15) is 18.0 Å². The smallest absolute Gasteiger partial charge is 0.326 e. The maximum atomic E-state index is 12.7. The van der Waals surface area contributed by atoms with Crippen molar-refractivity contribution in [3.63, 3.8) is 0 Å². The molecule has 164 valence electrons. The van der Waals surface area contributed by atoms with E-state index in [1.165, 1.54) is 12.1 Å². The van der Waals surface area contributed by atoms with Gasteiger partial charge in [0, 0.05) is 6.26 Å². The average molecular weight is 461 g/mol. The Morgan fingerprint density at radius 2 is 1.84 bits per heavy atom. The number of thiazole rings is 1. The third-order valence-corrected chi connectivity index (χ3v) is 6.97. The van der Waals surface area contributed by atoms with Crippen LogP contribution in [0.5, 0.6) is 0 Å². The monoisotopic (exact) mass is 460 g/mol. The number of carbonyl (C=O) groups excluding carboxylic acids is 2. The molecule has 0 spiro atoms. The number of ether oxygens (including phenoxy) is 1. The van der Waals surface area contributed by atoms with Crippen LogP contribution >= 0.6 is 11.3 Å². The number of nitrogens with zero attached hydrogens (tertiary/aromatic N) is 2. The van der Waals surface area contributed by atoms with Gasteiger partial charge in [0.2, 0.25) is 0 Å². The third kappa shape index (κ3) is 5.48. The van der Waals surface area contributed by atoms with E-state index < -0.39 is 15.8 Å². The van der Waals surface area contributed by atoms with Crippen LogP contribution in [0, 0.1) is 13.8 Å². The number of fused-ring (bicyclic) bond motifs is 1. The zero-order valence-corrected chi connectivity index (χ0v) is 19.5. The number of rotatable bonds is 6. The molecule has 31 heavy (non-hydrogen) atoms. The largest absolute Gasteiger partial charge is 0.465 e. The lowest BCUT2D eigenvalue weighted by Crippen LogP contribution is -2.23. The SMILES string of the molecule is CCOC(=O)Cn1c(=NC(=O)Cc2ccc(C)c(C)c2)sc2cc(S(C)(=O)=O)ccc21. The molecule has 0 radical (unpaired) electrons. The number of esters is 1. The summed E-state index contributed by atoms with van der Waals surface area (Å²) >= 11 is 1.16. The molecule has 1 aromatic heterocycles. The first-order chi connectivity index (χ1) is 14.6. The van der Waals surface area contributed by atoms with Gasteiger partial charge in [0.15, 0.2) is 14.6 Å².